The molecule has 2 amide bonds. The number of benzene rings is 3. The van der Waals surface area contributed by atoms with Crippen molar-refractivity contribution in [3.05, 3.63) is 86.3 Å². The van der Waals surface area contributed by atoms with Crippen LogP contribution >= 0.6 is 39.1 Å². The number of ether oxygens (including phenoxy) is 1. The van der Waals surface area contributed by atoms with Crippen molar-refractivity contribution in [1.82, 2.24) is 10.2 Å². The van der Waals surface area contributed by atoms with Gasteiger partial charge in [-0.2, -0.15) is 0 Å². The van der Waals surface area contributed by atoms with Crippen LogP contribution in [0.1, 0.15) is 24.5 Å². The number of rotatable bonds is 11. The number of anilines is 1. The fourth-order valence-electron chi connectivity index (χ4n) is 4.09. The van der Waals surface area contributed by atoms with E-state index in [1.165, 1.54) is 37.3 Å². The van der Waals surface area contributed by atoms with Crippen LogP contribution in [0.3, 0.4) is 0 Å². The summed E-state index contributed by atoms with van der Waals surface area (Å²) in [7, 11) is -1.28. The fraction of sp³-hybridized carbons (Fsp3) is 0.286. The van der Waals surface area contributed by atoms with Crippen LogP contribution in [0.25, 0.3) is 0 Å². The minimum Gasteiger partial charge on any atom is -0.496 e. The molecule has 12 heteroatoms. The third-order valence-corrected chi connectivity index (χ3v) is 9.28. The molecular weight excluding hydrogens is 641 g/mol. The largest absolute Gasteiger partial charge is 0.496 e. The van der Waals surface area contributed by atoms with Crippen LogP contribution in [0.2, 0.25) is 10.0 Å². The van der Waals surface area contributed by atoms with Crippen LogP contribution in [0.4, 0.5) is 5.69 Å². The first-order chi connectivity index (χ1) is 18.9. The van der Waals surface area contributed by atoms with Gasteiger partial charge in [0, 0.05) is 23.6 Å². The number of halogens is 3. The van der Waals surface area contributed by atoms with Crippen LogP contribution < -0.4 is 14.4 Å². The summed E-state index contributed by atoms with van der Waals surface area (Å²) >= 11 is 15.8. The molecule has 0 radical (unpaired) electrons. The number of carbonyl (C=O) groups is 2. The Morgan fingerprint density at radius 2 is 1.73 bits per heavy atom. The predicted octanol–water partition coefficient (Wildman–Crippen LogP) is 5.82. The zero-order valence-corrected chi connectivity index (χ0v) is 26.4. The summed E-state index contributed by atoms with van der Waals surface area (Å²) in [6, 6.07) is 15.1. The van der Waals surface area contributed by atoms with Crippen molar-refractivity contribution in [3.63, 3.8) is 0 Å². The number of methoxy groups -OCH3 is 1. The van der Waals surface area contributed by atoms with Crippen LogP contribution in [0.5, 0.6) is 5.75 Å². The van der Waals surface area contributed by atoms with Crippen molar-refractivity contribution >= 4 is 66.7 Å². The highest BCUT2D eigenvalue weighted by Crippen LogP contribution is 2.31. The quantitative estimate of drug-likeness (QED) is 0.277. The number of nitrogens with one attached hydrogen (secondary N) is 1. The number of hydrogen-bond donors (Lipinski definition) is 1. The Morgan fingerprint density at radius 3 is 2.27 bits per heavy atom. The summed E-state index contributed by atoms with van der Waals surface area (Å²) in [4.78, 5) is 28.1. The average Bonchev–Trinajstić information content (AvgIpc) is 2.92. The summed E-state index contributed by atoms with van der Waals surface area (Å²) < 4.78 is 34.7. The molecule has 0 saturated carbocycles. The minimum absolute atomic E-state index is 0.0311. The Morgan fingerprint density at radius 1 is 1.05 bits per heavy atom. The van der Waals surface area contributed by atoms with Crippen LogP contribution in [0, 0.1) is 6.92 Å². The molecule has 1 atom stereocenters. The lowest BCUT2D eigenvalue weighted by Gasteiger charge is -2.33. The third-order valence-electron chi connectivity index (χ3n) is 6.30. The molecule has 40 heavy (non-hydrogen) atoms. The van der Waals surface area contributed by atoms with E-state index in [1.54, 1.807) is 49.4 Å². The summed E-state index contributed by atoms with van der Waals surface area (Å²) in [5, 5.41) is 3.34. The lowest BCUT2D eigenvalue weighted by Crippen LogP contribution is -2.51. The highest BCUT2D eigenvalue weighted by Gasteiger charge is 2.34. The van der Waals surface area contributed by atoms with Gasteiger partial charge in [0.15, 0.2) is 0 Å². The standard InChI is InChI=1S/C28H30BrCl2N3O5S/c1-5-25(28(36)32-3)33(16-19-8-9-20(30)14-24(19)31)27(35)17-34(21-10-6-18(2)7-11-21)40(37,38)22-12-13-26(39-4)23(29)15-22/h6-15,25H,5,16-17H2,1-4H3,(H,32,36). The van der Waals surface area contributed by atoms with Crippen molar-refractivity contribution in [2.45, 2.75) is 37.8 Å². The smallest absolute Gasteiger partial charge is 0.264 e. The van der Waals surface area contributed by atoms with E-state index in [0.29, 0.717) is 37.9 Å². The van der Waals surface area contributed by atoms with Crippen molar-refractivity contribution in [3.8, 4) is 5.75 Å². The summed E-state index contributed by atoms with van der Waals surface area (Å²) in [6.07, 6.45) is 0.291. The normalized spacial score (nSPS) is 12.0. The molecule has 0 fully saturated rings. The molecule has 8 nitrogen and oxygen atoms in total. The highest BCUT2D eigenvalue weighted by atomic mass is 79.9. The van der Waals surface area contributed by atoms with Crippen molar-refractivity contribution < 1.29 is 22.7 Å². The Labute approximate surface area is 253 Å². The molecule has 0 spiro atoms. The van der Waals surface area contributed by atoms with E-state index in [2.05, 4.69) is 21.2 Å². The molecule has 1 N–H and O–H groups in total. The molecule has 0 aliphatic carbocycles. The molecular formula is C28H30BrCl2N3O5S. The molecule has 0 saturated heterocycles. The maximum atomic E-state index is 14.0. The lowest BCUT2D eigenvalue weighted by molar-refractivity contribution is -0.140. The third kappa shape index (κ3) is 7.28. The molecule has 214 valence electrons. The van der Waals surface area contributed by atoms with Crippen LogP contribution in [-0.4, -0.2) is 51.9 Å². The highest BCUT2D eigenvalue weighted by molar-refractivity contribution is 9.10. The van der Waals surface area contributed by atoms with Gasteiger partial charge in [-0.05, 0) is 77.3 Å². The first-order valence-electron chi connectivity index (χ1n) is 12.3. The molecule has 0 heterocycles. The van der Waals surface area contributed by atoms with Gasteiger partial charge in [0.05, 0.1) is 22.2 Å². The zero-order valence-electron chi connectivity index (χ0n) is 22.4. The van der Waals surface area contributed by atoms with Gasteiger partial charge in [0.25, 0.3) is 10.0 Å². The second kappa shape index (κ2) is 13.7. The second-order valence-electron chi connectivity index (χ2n) is 8.94. The monoisotopic (exact) mass is 669 g/mol. The van der Waals surface area contributed by atoms with Crippen molar-refractivity contribution in [1.29, 1.82) is 0 Å². The Bertz CT molecular complexity index is 1490. The fourth-order valence-corrected chi connectivity index (χ4v) is 6.70. The maximum absolute atomic E-state index is 14.0. The van der Waals surface area contributed by atoms with Gasteiger partial charge in [0.2, 0.25) is 11.8 Å². The maximum Gasteiger partial charge on any atom is 0.264 e. The van der Waals surface area contributed by atoms with E-state index >= 15 is 0 Å². The van der Waals surface area contributed by atoms with Gasteiger partial charge in [-0.25, -0.2) is 8.42 Å². The summed E-state index contributed by atoms with van der Waals surface area (Å²) in [5.41, 5.74) is 1.78. The molecule has 1 unspecified atom stereocenters. The predicted molar refractivity (Wildman–Crippen MR) is 162 cm³/mol. The van der Waals surface area contributed by atoms with E-state index in [9.17, 15) is 18.0 Å². The molecule has 0 bridgehead atoms. The Hall–Kier alpha value is -2.79. The second-order valence-corrected chi connectivity index (χ2v) is 12.5. The Balaban J connectivity index is 2.09. The first-order valence-corrected chi connectivity index (χ1v) is 15.3. The van der Waals surface area contributed by atoms with E-state index in [-0.39, 0.29) is 17.3 Å². The molecule has 3 aromatic rings. The van der Waals surface area contributed by atoms with E-state index in [0.717, 1.165) is 9.87 Å². The van der Waals surface area contributed by atoms with Gasteiger partial charge in [-0.1, -0.05) is 53.9 Å². The van der Waals surface area contributed by atoms with Gasteiger partial charge in [-0.3, -0.25) is 13.9 Å². The van der Waals surface area contributed by atoms with Crippen molar-refractivity contribution in [2.75, 3.05) is 25.0 Å². The van der Waals surface area contributed by atoms with Crippen molar-refractivity contribution in [2.24, 2.45) is 0 Å². The van der Waals surface area contributed by atoms with Crippen LogP contribution in [-0.2, 0) is 26.2 Å². The van der Waals surface area contributed by atoms with Gasteiger partial charge in [-0.15, -0.1) is 0 Å². The van der Waals surface area contributed by atoms with E-state index in [1.807, 2.05) is 6.92 Å². The Kier molecular flexibility index (Phi) is 10.9. The molecule has 3 aromatic carbocycles. The first kappa shape index (κ1) is 31.7. The van der Waals surface area contributed by atoms with Gasteiger partial charge >= 0.3 is 0 Å². The van der Waals surface area contributed by atoms with Gasteiger partial charge in [0.1, 0.15) is 18.3 Å². The minimum atomic E-state index is -4.23. The topological polar surface area (TPSA) is 96.0 Å². The van der Waals surface area contributed by atoms with E-state index in [4.69, 9.17) is 27.9 Å². The summed E-state index contributed by atoms with van der Waals surface area (Å²) in [6.45, 7) is 3.05. The van der Waals surface area contributed by atoms with Crippen LogP contribution in [0.15, 0.2) is 70.0 Å². The molecule has 0 aliphatic heterocycles. The lowest BCUT2D eigenvalue weighted by atomic mass is 10.1. The molecule has 0 aromatic heterocycles. The number of amides is 2. The number of hydrogen-bond acceptors (Lipinski definition) is 5. The number of likely N-dealkylation sites (N-methyl/N-ethyl adjacent to an activating group) is 1. The van der Waals surface area contributed by atoms with E-state index < -0.39 is 28.5 Å². The molecule has 0 aliphatic rings. The molecule has 3 rings (SSSR count). The number of carbonyl (C=O) groups excluding carboxylic acids is 2. The number of aryl methyl sites for hydroxylation is 1. The number of nitrogens with zero attached hydrogens (tertiary/aromatic N) is 2. The SMILES string of the molecule is CCC(C(=O)NC)N(Cc1ccc(Cl)cc1Cl)C(=O)CN(c1ccc(C)cc1)S(=O)(=O)c1ccc(OC)c(Br)c1. The van der Waals surface area contributed by atoms with Gasteiger partial charge < -0.3 is 15.0 Å². The number of sulfonamides is 1. The summed E-state index contributed by atoms with van der Waals surface area (Å²) in [5.74, 6) is -0.512. The zero-order chi connectivity index (χ0) is 29.6. The average molecular weight is 671 g/mol.